The van der Waals surface area contributed by atoms with E-state index in [-0.39, 0.29) is 23.8 Å². The molecular weight excluding hydrogens is 542 g/mol. The van der Waals surface area contributed by atoms with Crippen molar-refractivity contribution in [3.63, 3.8) is 0 Å². The fraction of sp³-hybridized carbons (Fsp3) is 0.464. The van der Waals surface area contributed by atoms with Gasteiger partial charge in [-0.3, -0.25) is 8.98 Å². The van der Waals surface area contributed by atoms with Crippen LogP contribution >= 0.6 is 0 Å². The van der Waals surface area contributed by atoms with Crippen LogP contribution in [0.3, 0.4) is 0 Å². The Morgan fingerprint density at radius 3 is 2.08 bits per heavy atom. The third-order valence-electron chi connectivity index (χ3n) is 6.19. The number of hydrogen-bond acceptors (Lipinski definition) is 8. The van der Waals surface area contributed by atoms with Crippen molar-refractivity contribution in [2.75, 3.05) is 0 Å². The fourth-order valence-corrected chi connectivity index (χ4v) is 5.14. The predicted octanol–water partition coefficient (Wildman–Crippen LogP) is 3.92. The van der Waals surface area contributed by atoms with Crippen molar-refractivity contribution in [3.05, 3.63) is 59.7 Å². The first-order valence-corrected chi connectivity index (χ1v) is 14.2. The second-order valence-electron chi connectivity index (χ2n) is 10.9. The predicted molar refractivity (Wildman–Crippen MR) is 144 cm³/mol. The zero-order valence-electron chi connectivity index (χ0n) is 22.8. The van der Waals surface area contributed by atoms with E-state index in [2.05, 4.69) is 5.32 Å². The molecule has 0 bridgehead atoms. The summed E-state index contributed by atoms with van der Waals surface area (Å²) in [6, 6.07) is 11.7. The van der Waals surface area contributed by atoms with Crippen LogP contribution in [0.15, 0.2) is 53.4 Å². The van der Waals surface area contributed by atoms with Gasteiger partial charge in [0.15, 0.2) is 0 Å². The Balaban J connectivity index is 1.51. The van der Waals surface area contributed by atoms with Gasteiger partial charge in [-0.05, 0) is 70.4 Å². The van der Waals surface area contributed by atoms with Gasteiger partial charge >= 0.3 is 18.0 Å². The maximum absolute atomic E-state index is 12.4. The summed E-state index contributed by atoms with van der Waals surface area (Å²) in [5.74, 6) is -3.12. The topological polar surface area (TPSA) is 166 Å². The number of alkyl carbamates (subject to hydrolysis) is 1. The third kappa shape index (κ3) is 9.23. The summed E-state index contributed by atoms with van der Waals surface area (Å²) in [4.78, 5) is 35.6. The molecule has 0 spiro atoms. The van der Waals surface area contributed by atoms with Gasteiger partial charge in [0.05, 0.1) is 16.9 Å². The van der Waals surface area contributed by atoms with Crippen LogP contribution < -0.4 is 10.1 Å². The van der Waals surface area contributed by atoms with E-state index in [1.54, 1.807) is 57.2 Å². The van der Waals surface area contributed by atoms with Gasteiger partial charge in [0.1, 0.15) is 23.5 Å². The van der Waals surface area contributed by atoms with Crippen LogP contribution in [0.25, 0.3) is 0 Å². The molecule has 1 aliphatic carbocycles. The first-order valence-electron chi connectivity index (χ1n) is 12.8. The Labute approximate surface area is 233 Å². The van der Waals surface area contributed by atoms with E-state index >= 15 is 0 Å². The van der Waals surface area contributed by atoms with Gasteiger partial charge < -0.3 is 25.0 Å². The van der Waals surface area contributed by atoms with E-state index in [4.69, 9.17) is 13.7 Å². The number of carboxylic acids is 2. The molecule has 2 atom stereocenters. The standard InChI is InChI=1S/C28H35NO10S/c1-17-5-11-23(12-6-17)40(35,36)39-22-15-21(16-22)37-20-9-7-18(8-10-20)13-19(25(30)31)14-24(26(32)33)29-27(34)38-28(2,3)4/h5-12,19,21-22,24H,13-16H2,1-4H3,(H,29,34)(H,30,31)(H,32,33)/t19?,21?,22?,24-/m0/s1. The molecule has 3 N–H and O–H groups in total. The molecule has 1 aliphatic rings. The highest BCUT2D eigenvalue weighted by Crippen LogP contribution is 2.31. The summed E-state index contributed by atoms with van der Waals surface area (Å²) in [5, 5.41) is 21.4. The summed E-state index contributed by atoms with van der Waals surface area (Å²) in [7, 11) is -3.86. The van der Waals surface area contributed by atoms with E-state index in [1.807, 2.05) is 6.92 Å². The maximum atomic E-state index is 12.4. The number of carbonyl (C=O) groups excluding carboxylic acids is 1. The van der Waals surface area contributed by atoms with Crippen LogP contribution in [0.2, 0.25) is 0 Å². The SMILES string of the molecule is Cc1ccc(S(=O)(=O)OC2CC(Oc3ccc(CC(C[C@H](NC(=O)OC(C)(C)C)C(=O)O)C(=O)O)cc3)C2)cc1. The molecule has 12 heteroatoms. The largest absolute Gasteiger partial charge is 0.490 e. The number of rotatable bonds is 12. The lowest BCUT2D eigenvalue weighted by Gasteiger charge is -2.34. The summed E-state index contributed by atoms with van der Waals surface area (Å²) in [6.45, 7) is 6.75. The summed E-state index contributed by atoms with van der Waals surface area (Å²) in [6.07, 6.45) is -1.16. The Morgan fingerprint density at radius 2 is 1.55 bits per heavy atom. The average Bonchev–Trinajstić information content (AvgIpc) is 2.81. The number of benzene rings is 2. The highest BCUT2D eigenvalue weighted by atomic mass is 32.2. The molecule has 0 heterocycles. The molecule has 1 unspecified atom stereocenters. The zero-order chi connectivity index (χ0) is 29.7. The molecule has 1 fully saturated rings. The molecule has 1 saturated carbocycles. The smallest absolute Gasteiger partial charge is 0.408 e. The maximum Gasteiger partial charge on any atom is 0.408 e. The second kappa shape index (κ2) is 12.7. The number of carbonyl (C=O) groups is 3. The fourth-order valence-electron chi connectivity index (χ4n) is 4.04. The number of hydrogen-bond donors (Lipinski definition) is 3. The first kappa shape index (κ1) is 30.9. The average molecular weight is 578 g/mol. The molecule has 1 amide bonds. The third-order valence-corrected chi connectivity index (χ3v) is 7.57. The molecule has 40 heavy (non-hydrogen) atoms. The lowest BCUT2D eigenvalue weighted by molar-refractivity contribution is -0.144. The van der Waals surface area contributed by atoms with Gasteiger partial charge in [-0.1, -0.05) is 29.8 Å². The molecule has 0 aromatic heterocycles. The van der Waals surface area contributed by atoms with Crippen molar-refractivity contribution in [1.82, 2.24) is 5.32 Å². The van der Waals surface area contributed by atoms with E-state index in [1.165, 1.54) is 12.1 Å². The van der Waals surface area contributed by atoms with Crippen LogP contribution in [0, 0.1) is 12.8 Å². The van der Waals surface area contributed by atoms with E-state index in [9.17, 15) is 33.0 Å². The van der Waals surface area contributed by atoms with Gasteiger partial charge in [0, 0.05) is 12.8 Å². The number of carboxylic acid groups (broad SMARTS) is 2. The van der Waals surface area contributed by atoms with Gasteiger partial charge in [0.25, 0.3) is 10.1 Å². The number of aliphatic carboxylic acids is 2. The summed E-state index contributed by atoms with van der Waals surface area (Å²) >= 11 is 0. The number of ether oxygens (including phenoxy) is 2. The van der Waals surface area contributed by atoms with Crippen molar-refractivity contribution in [1.29, 1.82) is 0 Å². The molecule has 3 rings (SSSR count). The van der Waals surface area contributed by atoms with Crippen LogP contribution in [0.5, 0.6) is 5.75 Å². The molecule has 0 radical (unpaired) electrons. The number of nitrogens with one attached hydrogen (secondary N) is 1. The Hall–Kier alpha value is -3.64. The van der Waals surface area contributed by atoms with Crippen LogP contribution in [-0.4, -0.2) is 60.5 Å². The highest BCUT2D eigenvalue weighted by Gasteiger charge is 2.36. The van der Waals surface area contributed by atoms with Gasteiger partial charge in [-0.25, -0.2) is 9.59 Å². The molecule has 2 aromatic rings. The minimum Gasteiger partial charge on any atom is -0.490 e. The molecule has 218 valence electrons. The van der Waals surface area contributed by atoms with E-state index in [0.717, 1.165) is 5.56 Å². The first-order chi connectivity index (χ1) is 18.6. The second-order valence-corrected chi connectivity index (χ2v) is 12.4. The number of aryl methyl sites for hydroxylation is 1. The van der Waals surface area contributed by atoms with Crippen molar-refractivity contribution < 1.29 is 46.7 Å². The van der Waals surface area contributed by atoms with Crippen molar-refractivity contribution in [2.24, 2.45) is 5.92 Å². The molecule has 11 nitrogen and oxygen atoms in total. The molecule has 0 saturated heterocycles. The normalized spacial score (nSPS) is 18.6. The van der Waals surface area contributed by atoms with Crippen molar-refractivity contribution in [2.45, 2.75) is 82.1 Å². The van der Waals surface area contributed by atoms with Crippen molar-refractivity contribution in [3.8, 4) is 5.75 Å². The molecule has 2 aromatic carbocycles. The van der Waals surface area contributed by atoms with Gasteiger partial charge in [0.2, 0.25) is 0 Å². The number of amides is 1. The Kier molecular flexibility index (Phi) is 9.80. The molecular formula is C28H35NO10S. The summed E-state index contributed by atoms with van der Waals surface area (Å²) < 4.78 is 41.1. The van der Waals surface area contributed by atoms with Crippen LogP contribution in [0.1, 0.15) is 51.2 Å². The summed E-state index contributed by atoms with van der Waals surface area (Å²) in [5.41, 5.74) is 0.746. The zero-order valence-corrected chi connectivity index (χ0v) is 23.6. The highest BCUT2D eigenvalue weighted by molar-refractivity contribution is 7.86. The monoisotopic (exact) mass is 577 g/mol. The van der Waals surface area contributed by atoms with E-state index in [0.29, 0.717) is 24.2 Å². The lowest BCUT2D eigenvalue weighted by Crippen LogP contribution is -2.45. The Morgan fingerprint density at radius 1 is 0.950 bits per heavy atom. The van der Waals surface area contributed by atoms with Crippen molar-refractivity contribution >= 4 is 28.1 Å². The van der Waals surface area contributed by atoms with Crippen LogP contribution in [-0.2, 0) is 35.0 Å². The quantitative estimate of drug-likeness (QED) is 0.315. The van der Waals surface area contributed by atoms with Crippen LogP contribution in [0.4, 0.5) is 4.79 Å². The minimum atomic E-state index is -3.86. The van der Waals surface area contributed by atoms with Gasteiger partial charge in [-0.2, -0.15) is 8.42 Å². The minimum absolute atomic E-state index is 0.0333. The van der Waals surface area contributed by atoms with E-state index < -0.39 is 51.8 Å². The molecule has 0 aliphatic heterocycles. The lowest BCUT2D eigenvalue weighted by atomic mass is 9.92. The Bertz CT molecular complexity index is 1290. The van der Waals surface area contributed by atoms with Gasteiger partial charge in [-0.15, -0.1) is 0 Å².